The number of thiocarbonyl (C=S) groups is 1. The van der Waals surface area contributed by atoms with Gasteiger partial charge in [0, 0.05) is 30.3 Å². The summed E-state index contributed by atoms with van der Waals surface area (Å²) in [5, 5.41) is 4.30. The Bertz CT molecular complexity index is 1190. The molecule has 1 N–H and O–H groups in total. The number of rotatable bonds is 5. The molecule has 0 radical (unpaired) electrons. The van der Waals surface area contributed by atoms with E-state index in [1.807, 2.05) is 24.4 Å². The van der Waals surface area contributed by atoms with Gasteiger partial charge in [0.15, 0.2) is 5.11 Å². The van der Waals surface area contributed by atoms with Crippen LogP contribution >= 0.6 is 12.2 Å². The summed E-state index contributed by atoms with van der Waals surface area (Å²) in [5.74, 6) is 0. The molecule has 1 fully saturated rings. The Morgan fingerprint density at radius 1 is 0.935 bits per heavy atom. The second kappa shape index (κ2) is 8.36. The van der Waals surface area contributed by atoms with Crippen molar-refractivity contribution in [3.05, 3.63) is 120 Å². The molecule has 1 saturated heterocycles. The first kappa shape index (κ1) is 19.5. The molecule has 1 aliphatic heterocycles. The third-order valence-corrected chi connectivity index (χ3v) is 6.11. The smallest absolute Gasteiger partial charge is 0.170 e. The highest BCUT2D eigenvalue weighted by Gasteiger charge is 2.41. The predicted octanol–water partition coefficient (Wildman–Crippen LogP) is 5.35. The minimum absolute atomic E-state index is 0.0121. The summed E-state index contributed by atoms with van der Waals surface area (Å²) in [6.45, 7) is 2.86. The zero-order valence-electron chi connectivity index (χ0n) is 17.3. The first-order valence-corrected chi connectivity index (χ1v) is 10.9. The lowest BCUT2D eigenvalue weighted by Gasteiger charge is -2.29. The van der Waals surface area contributed by atoms with Crippen LogP contribution in [-0.2, 0) is 6.54 Å². The van der Waals surface area contributed by atoms with Crippen LogP contribution in [0.4, 0.5) is 0 Å². The van der Waals surface area contributed by atoms with E-state index in [1.54, 1.807) is 0 Å². The molecular weight excluding hydrogens is 400 g/mol. The van der Waals surface area contributed by atoms with Gasteiger partial charge in [-0.2, -0.15) is 0 Å². The fourth-order valence-electron chi connectivity index (χ4n) is 4.33. The summed E-state index contributed by atoms with van der Waals surface area (Å²) < 4.78 is 2.27. The molecule has 154 valence electrons. The van der Waals surface area contributed by atoms with Gasteiger partial charge >= 0.3 is 0 Å². The largest absolute Gasteiger partial charge is 0.352 e. The van der Waals surface area contributed by atoms with Crippen molar-refractivity contribution in [1.82, 2.24) is 19.8 Å². The van der Waals surface area contributed by atoms with Crippen molar-refractivity contribution in [3.63, 3.8) is 0 Å². The minimum atomic E-state index is -0.0316. The summed E-state index contributed by atoms with van der Waals surface area (Å²) in [4.78, 5) is 6.94. The molecule has 1 aliphatic rings. The third-order valence-electron chi connectivity index (χ3n) is 5.76. The van der Waals surface area contributed by atoms with Gasteiger partial charge in [-0.05, 0) is 66.7 Å². The SMILES string of the molecule is Cc1cccc(-n2cccc2[C@@H]2[C@H](c3ccccn3)NC(=S)N2Cc2ccccc2)c1. The average molecular weight is 425 g/mol. The number of aryl methyl sites for hydroxylation is 1. The van der Waals surface area contributed by atoms with Crippen molar-refractivity contribution in [2.75, 3.05) is 0 Å². The molecule has 2 aromatic carbocycles. The van der Waals surface area contributed by atoms with Crippen LogP contribution in [0.1, 0.15) is 34.6 Å². The van der Waals surface area contributed by atoms with E-state index in [1.165, 1.54) is 16.8 Å². The van der Waals surface area contributed by atoms with E-state index < -0.39 is 0 Å². The van der Waals surface area contributed by atoms with E-state index in [4.69, 9.17) is 12.2 Å². The number of nitrogens with one attached hydrogen (secondary N) is 1. The second-order valence-electron chi connectivity index (χ2n) is 7.88. The number of hydrogen-bond acceptors (Lipinski definition) is 2. The molecule has 5 rings (SSSR count). The van der Waals surface area contributed by atoms with E-state index >= 15 is 0 Å². The Hall–Kier alpha value is -3.44. The highest BCUT2D eigenvalue weighted by Crippen LogP contribution is 2.40. The summed E-state index contributed by atoms with van der Waals surface area (Å²) in [5.41, 5.74) is 5.79. The van der Waals surface area contributed by atoms with Gasteiger partial charge in [-0.3, -0.25) is 4.98 Å². The fraction of sp³-hybridized carbons (Fsp3) is 0.154. The quantitative estimate of drug-likeness (QED) is 0.438. The maximum atomic E-state index is 5.83. The van der Waals surface area contributed by atoms with Crippen molar-refractivity contribution in [1.29, 1.82) is 0 Å². The molecule has 5 heteroatoms. The monoisotopic (exact) mass is 424 g/mol. The number of benzene rings is 2. The van der Waals surface area contributed by atoms with Crippen LogP contribution in [0, 0.1) is 6.92 Å². The minimum Gasteiger partial charge on any atom is -0.352 e. The number of pyridine rings is 1. The number of aromatic nitrogens is 2. The van der Waals surface area contributed by atoms with Crippen LogP contribution in [0.25, 0.3) is 5.69 Å². The maximum absolute atomic E-state index is 5.83. The summed E-state index contributed by atoms with van der Waals surface area (Å²) in [6.07, 6.45) is 3.97. The molecule has 0 unspecified atom stereocenters. The van der Waals surface area contributed by atoms with E-state index in [9.17, 15) is 0 Å². The van der Waals surface area contributed by atoms with Gasteiger partial charge in [-0.25, -0.2) is 0 Å². The van der Waals surface area contributed by atoms with Crippen molar-refractivity contribution < 1.29 is 0 Å². The van der Waals surface area contributed by atoms with Gasteiger partial charge < -0.3 is 14.8 Å². The topological polar surface area (TPSA) is 33.1 Å². The zero-order chi connectivity index (χ0) is 21.2. The van der Waals surface area contributed by atoms with Crippen molar-refractivity contribution >= 4 is 17.3 Å². The normalized spacial score (nSPS) is 18.2. The van der Waals surface area contributed by atoms with Gasteiger partial charge in [-0.1, -0.05) is 48.5 Å². The van der Waals surface area contributed by atoms with Crippen LogP contribution < -0.4 is 5.32 Å². The summed E-state index contributed by atoms with van der Waals surface area (Å²) in [7, 11) is 0. The van der Waals surface area contributed by atoms with Crippen LogP contribution in [0.3, 0.4) is 0 Å². The Morgan fingerprint density at radius 2 is 1.77 bits per heavy atom. The molecule has 4 nitrogen and oxygen atoms in total. The first-order valence-electron chi connectivity index (χ1n) is 10.5. The molecule has 2 aromatic heterocycles. The van der Waals surface area contributed by atoms with Crippen molar-refractivity contribution in [3.8, 4) is 5.69 Å². The van der Waals surface area contributed by atoms with Gasteiger partial charge in [0.05, 0.1) is 17.8 Å². The van der Waals surface area contributed by atoms with Gasteiger partial charge in [0.2, 0.25) is 0 Å². The van der Waals surface area contributed by atoms with Crippen LogP contribution in [0.15, 0.2) is 97.3 Å². The lowest BCUT2D eigenvalue weighted by molar-refractivity contribution is 0.302. The molecule has 3 heterocycles. The summed E-state index contributed by atoms with van der Waals surface area (Å²) in [6, 6.07) is 29.4. The second-order valence-corrected chi connectivity index (χ2v) is 8.27. The molecule has 0 aliphatic carbocycles. The lowest BCUT2D eigenvalue weighted by atomic mass is 10.0. The summed E-state index contributed by atoms with van der Waals surface area (Å²) >= 11 is 5.83. The van der Waals surface area contributed by atoms with Gasteiger partial charge in [0.25, 0.3) is 0 Å². The molecule has 2 atom stereocenters. The Labute approximate surface area is 188 Å². The molecule has 4 aromatic rings. The van der Waals surface area contributed by atoms with E-state index in [-0.39, 0.29) is 12.1 Å². The highest BCUT2D eigenvalue weighted by atomic mass is 32.1. The fourth-order valence-corrected chi connectivity index (χ4v) is 4.63. The average Bonchev–Trinajstić information content (AvgIpc) is 3.40. The molecular formula is C26H24N4S. The third kappa shape index (κ3) is 3.84. The van der Waals surface area contributed by atoms with Crippen LogP contribution in [0.2, 0.25) is 0 Å². The zero-order valence-corrected chi connectivity index (χ0v) is 18.2. The number of hydrogen-bond donors (Lipinski definition) is 1. The number of nitrogens with zero attached hydrogens (tertiary/aromatic N) is 3. The molecule has 0 amide bonds. The first-order chi connectivity index (χ1) is 15.2. The standard InChI is InChI=1S/C26H24N4S/c1-19-9-7-12-21(17-19)29-16-8-14-23(29)25-24(22-13-5-6-15-27-22)28-26(31)30(25)18-20-10-3-2-4-11-20/h2-17,24-25H,18H2,1H3,(H,28,31)/t24-,25+/m0/s1. The van der Waals surface area contributed by atoms with E-state index in [2.05, 4.69) is 99.6 Å². The molecule has 0 bridgehead atoms. The van der Waals surface area contributed by atoms with Crippen molar-refractivity contribution in [2.45, 2.75) is 25.6 Å². The maximum Gasteiger partial charge on any atom is 0.170 e. The van der Waals surface area contributed by atoms with Crippen LogP contribution in [-0.4, -0.2) is 19.6 Å². The highest BCUT2D eigenvalue weighted by molar-refractivity contribution is 7.80. The van der Waals surface area contributed by atoms with E-state index in [0.29, 0.717) is 0 Å². The predicted molar refractivity (Wildman–Crippen MR) is 128 cm³/mol. The van der Waals surface area contributed by atoms with Crippen LogP contribution in [0.5, 0.6) is 0 Å². The van der Waals surface area contributed by atoms with Gasteiger partial charge in [0.1, 0.15) is 0 Å². The Kier molecular flexibility index (Phi) is 5.26. The molecule has 0 saturated carbocycles. The van der Waals surface area contributed by atoms with Gasteiger partial charge in [-0.15, -0.1) is 0 Å². The van der Waals surface area contributed by atoms with Crippen molar-refractivity contribution in [2.24, 2.45) is 0 Å². The Balaban J connectivity index is 1.61. The Morgan fingerprint density at radius 3 is 2.55 bits per heavy atom. The molecule has 31 heavy (non-hydrogen) atoms. The molecule has 0 spiro atoms. The lowest BCUT2D eigenvalue weighted by Crippen LogP contribution is -2.30. The van der Waals surface area contributed by atoms with E-state index in [0.717, 1.165) is 23.0 Å².